The van der Waals surface area contributed by atoms with Crippen molar-refractivity contribution in [3.63, 3.8) is 0 Å². The van der Waals surface area contributed by atoms with E-state index in [4.69, 9.17) is 0 Å². The van der Waals surface area contributed by atoms with E-state index >= 15 is 0 Å². The first-order chi connectivity index (χ1) is 10.3. The molecule has 1 unspecified atom stereocenters. The minimum absolute atomic E-state index is 0.0229. The summed E-state index contributed by atoms with van der Waals surface area (Å²) < 4.78 is 2.09. The summed E-state index contributed by atoms with van der Waals surface area (Å²) in [6.07, 6.45) is 1.85. The molecule has 2 rings (SSSR count). The molecule has 0 aliphatic carbocycles. The highest BCUT2D eigenvalue weighted by Crippen LogP contribution is 2.27. The van der Waals surface area contributed by atoms with E-state index < -0.39 is 0 Å². The summed E-state index contributed by atoms with van der Waals surface area (Å²) in [5.74, 6) is 0.0229. The Morgan fingerprint density at radius 2 is 2.14 bits per heavy atom. The van der Waals surface area contributed by atoms with Crippen LogP contribution in [0.2, 0.25) is 0 Å². The molecule has 0 spiro atoms. The maximum Gasteiger partial charge on any atom is 0.233 e. The SMILES string of the molecule is C=CCn1c(SC(C)C(=O)NC(C)(C)C)nc2ccccc21. The number of allylic oxidation sites excluding steroid dienone is 1. The monoisotopic (exact) mass is 317 g/mol. The first kappa shape index (κ1) is 16.6. The predicted octanol–water partition coefficient (Wildman–Crippen LogP) is 3.62. The van der Waals surface area contributed by atoms with Gasteiger partial charge in [-0.2, -0.15) is 0 Å². The average Bonchev–Trinajstić information content (AvgIpc) is 2.75. The molecule has 118 valence electrons. The molecule has 1 N–H and O–H groups in total. The van der Waals surface area contributed by atoms with Gasteiger partial charge in [-0.05, 0) is 39.8 Å². The fourth-order valence-corrected chi connectivity index (χ4v) is 3.07. The van der Waals surface area contributed by atoms with Crippen molar-refractivity contribution in [2.45, 2.75) is 50.2 Å². The number of carbonyl (C=O) groups excluding carboxylic acids is 1. The Bertz CT molecular complexity index is 685. The number of nitrogens with zero attached hydrogens (tertiary/aromatic N) is 2. The number of amides is 1. The van der Waals surface area contributed by atoms with Gasteiger partial charge in [0.05, 0.1) is 16.3 Å². The van der Waals surface area contributed by atoms with E-state index in [1.54, 1.807) is 0 Å². The van der Waals surface area contributed by atoms with E-state index in [9.17, 15) is 4.79 Å². The lowest BCUT2D eigenvalue weighted by atomic mass is 10.1. The molecule has 1 heterocycles. The fourth-order valence-electron chi connectivity index (χ4n) is 2.13. The van der Waals surface area contributed by atoms with Crippen LogP contribution < -0.4 is 5.32 Å². The maximum atomic E-state index is 12.3. The number of carbonyl (C=O) groups is 1. The highest BCUT2D eigenvalue weighted by Gasteiger charge is 2.22. The van der Waals surface area contributed by atoms with E-state index in [1.807, 2.05) is 58.0 Å². The van der Waals surface area contributed by atoms with Crippen LogP contribution in [0.4, 0.5) is 0 Å². The van der Waals surface area contributed by atoms with Crippen LogP contribution in [0.15, 0.2) is 42.1 Å². The summed E-state index contributed by atoms with van der Waals surface area (Å²) in [5.41, 5.74) is 1.77. The van der Waals surface area contributed by atoms with E-state index in [0.717, 1.165) is 16.2 Å². The largest absolute Gasteiger partial charge is 0.351 e. The van der Waals surface area contributed by atoms with Crippen molar-refractivity contribution < 1.29 is 4.79 Å². The second-order valence-corrected chi connectivity index (χ2v) is 7.59. The Morgan fingerprint density at radius 3 is 2.77 bits per heavy atom. The minimum Gasteiger partial charge on any atom is -0.351 e. The molecule has 0 radical (unpaired) electrons. The molecule has 1 aromatic heterocycles. The van der Waals surface area contributed by atoms with Gasteiger partial charge in [0, 0.05) is 12.1 Å². The van der Waals surface area contributed by atoms with E-state index in [1.165, 1.54) is 11.8 Å². The Hall–Kier alpha value is -1.75. The van der Waals surface area contributed by atoms with Crippen molar-refractivity contribution in [1.29, 1.82) is 0 Å². The summed E-state index contributed by atoms with van der Waals surface area (Å²) >= 11 is 1.48. The third kappa shape index (κ3) is 3.91. The van der Waals surface area contributed by atoms with Crippen LogP contribution >= 0.6 is 11.8 Å². The van der Waals surface area contributed by atoms with E-state index in [0.29, 0.717) is 6.54 Å². The van der Waals surface area contributed by atoms with Crippen LogP contribution in [0, 0.1) is 0 Å². The Kier molecular flexibility index (Phi) is 4.96. The highest BCUT2D eigenvalue weighted by molar-refractivity contribution is 8.00. The Labute approximate surface area is 136 Å². The number of hydrogen-bond acceptors (Lipinski definition) is 3. The van der Waals surface area contributed by atoms with E-state index in [2.05, 4.69) is 21.4 Å². The van der Waals surface area contributed by atoms with E-state index in [-0.39, 0.29) is 16.7 Å². The molecule has 22 heavy (non-hydrogen) atoms. The lowest BCUT2D eigenvalue weighted by Gasteiger charge is -2.23. The van der Waals surface area contributed by atoms with Crippen molar-refractivity contribution in [2.24, 2.45) is 0 Å². The van der Waals surface area contributed by atoms with Crippen LogP contribution in [0.1, 0.15) is 27.7 Å². The van der Waals surface area contributed by atoms with Gasteiger partial charge in [0.25, 0.3) is 0 Å². The first-order valence-electron chi connectivity index (χ1n) is 7.36. The summed E-state index contributed by atoms with van der Waals surface area (Å²) in [4.78, 5) is 16.9. The molecule has 1 atom stereocenters. The Morgan fingerprint density at radius 1 is 1.45 bits per heavy atom. The number of nitrogens with one attached hydrogen (secondary N) is 1. The van der Waals surface area contributed by atoms with Crippen LogP contribution in [0.5, 0.6) is 0 Å². The molecular formula is C17H23N3OS. The van der Waals surface area contributed by atoms with Gasteiger partial charge in [0.1, 0.15) is 0 Å². The number of rotatable bonds is 5. The molecule has 0 aliphatic heterocycles. The number of thioether (sulfide) groups is 1. The van der Waals surface area contributed by atoms with Crippen molar-refractivity contribution in [3.05, 3.63) is 36.9 Å². The van der Waals surface area contributed by atoms with Crippen molar-refractivity contribution in [2.75, 3.05) is 0 Å². The number of para-hydroxylation sites is 2. The quantitative estimate of drug-likeness (QED) is 0.677. The van der Waals surface area contributed by atoms with Crippen molar-refractivity contribution in [3.8, 4) is 0 Å². The van der Waals surface area contributed by atoms with Gasteiger partial charge < -0.3 is 9.88 Å². The predicted molar refractivity (Wildman–Crippen MR) is 93.1 cm³/mol. The minimum atomic E-state index is -0.229. The topological polar surface area (TPSA) is 46.9 Å². The lowest BCUT2D eigenvalue weighted by Crippen LogP contribution is -2.44. The number of benzene rings is 1. The Balaban J connectivity index is 2.25. The normalized spacial score (nSPS) is 13.1. The van der Waals surface area contributed by atoms with Gasteiger partial charge in [-0.3, -0.25) is 4.79 Å². The second-order valence-electron chi connectivity index (χ2n) is 6.28. The zero-order valence-electron chi connectivity index (χ0n) is 13.6. The molecule has 0 aliphatic rings. The summed E-state index contributed by atoms with van der Waals surface area (Å²) in [6.45, 7) is 12.3. The van der Waals surface area contributed by atoms with Gasteiger partial charge in [-0.1, -0.05) is 30.0 Å². The van der Waals surface area contributed by atoms with Gasteiger partial charge in [0.15, 0.2) is 5.16 Å². The average molecular weight is 317 g/mol. The summed E-state index contributed by atoms with van der Waals surface area (Å²) in [5, 5.41) is 3.64. The molecule has 4 nitrogen and oxygen atoms in total. The maximum absolute atomic E-state index is 12.3. The molecule has 5 heteroatoms. The van der Waals surface area contributed by atoms with Crippen LogP contribution in [-0.2, 0) is 11.3 Å². The third-order valence-electron chi connectivity index (χ3n) is 3.08. The highest BCUT2D eigenvalue weighted by atomic mass is 32.2. The lowest BCUT2D eigenvalue weighted by molar-refractivity contribution is -0.121. The summed E-state index contributed by atoms with van der Waals surface area (Å²) in [6, 6.07) is 7.99. The zero-order chi connectivity index (χ0) is 16.3. The van der Waals surface area contributed by atoms with Crippen LogP contribution in [-0.4, -0.2) is 26.2 Å². The molecule has 0 fully saturated rings. The smallest absolute Gasteiger partial charge is 0.233 e. The number of aromatic nitrogens is 2. The first-order valence-corrected chi connectivity index (χ1v) is 8.24. The molecule has 1 amide bonds. The number of hydrogen-bond donors (Lipinski definition) is 1. The standard InChI is InChI=1S/C17H23N3OS/c1-6-11-20-14-10-8-7-9-13(14)18-16(20)22-12(2)15(21)19-17(3,4)5/h6-10,12H,1,11H2,2-5H3,(H,19,21). The second kappa shape index (κ2) is 6.57. The summed E-state index contributed by atoms with van der Waals surface area (Å²) in [7, 11) is 0. The molecule has 0 saturated carbocycles. The van der Waals surface area contributed by atoms with Gasteiger partial charge in [-0.25, -0.2) is 4.98 Å². The van der Waals surface area contributed by atoms with Gasteiger partial charge in [-0.15, -0.1) is 6.58 Å². The molecular weight excluding hydrogens is 294 g/mol. The fraction of sp³-hybridized carbons (Fsp3) is 0.412. The molecule has 0 bridgehead atoms. The van der Waals surface area contributed by atoms with Crippen molar-refractivity contribution in [1.82, 2.24) is 14.9 Å². The van der Waals surface area contributed by atoms with Crippen molar-refractivity contribution >= 4 is 28.7 Å². The van der Waals surface area contributed by atoms with Gasteiger partial charge >= 0.3 is 0 Å². The van der Waals surface area contributed by atoms with Crippen LogP contribution in [0.25, 0.3) is 11.0 Å². The number of imidazole rings is 1. The zero-order valence-corrected chi connectivity index (χ0v) is 14.4. The molecule has 1 aromatic carbocycles. The number of fused-ring (bicyclic) bond motifs is 1. The molecule has 0 saturated heterocycles. The third-order valence-corrected chi connectivity index (χ3v) is 4.17. The van der Waals surface area contributed by atoms with Gasteiger partial charge in [0.2, 0.25) is 5.91 Å². The van der Waals surface area contributed by atoms with Crippen LogP contribution in [0.3, 0.4) is 0 Å². The molecule has 2 aromatic rings.